The van der Waals surface area contributed by atoms with E-state index in [1.807, 2.05) is 0 Å². The fourth-order valence-electron chi connectivity index (χ4n) is 10.2. The van der Waals surface area contributed by atoms with Crippen molar-refractivity contribution in [3.05, 3.63) is 0 Å². The van der Waals surface area contributed by atoms with Crippen LogP contribution in [0, 0.1) is 34.5 Å². The van der Waals surface area contributed by atoms with Crippen molar-refractivity contribution in [1.29, 1.82) is 0 Å². The highest BCUT2D eigenvalue weighted by Crippen LogP contribution is 2.53. The van der Waals surface area contributed by atoms with Crippen LogP contribution in [0.5, 0.6) is 0 Å². The Morgan fingerprint density at radius 3 is 2.10 bits per heavy atom. The van der Waals surface area contributed by atoms with Gasteiger partial charge in [-0.15, -0.1) is 0 Å². The molecule has 5 amide bonds. The van der Waals surface area contributed by atoms with E-state index < -0.39 is 29.8 Å². The number of hydrogen-bond donors (Lipinski definition) is 4. The van der Waals surface area contributed by atoms with E-state index >= 15 is 0 Å². The second kappa shape index (κ2) is 15.9. The van der Waals surface area contributed by atoms with Gasteiger partial charge in [-0.3, -0.25) is 19.2 Å². The molecule has 0 aromatic rings. The van der Waals surface area contributed by atoms with Crippen LogP contribution in [0.25, 0.3) is 0 Å². The molecular weight excluding hydrogens is 630 g/mol. The Morgan fingerprint density at radius 2 is 1.50 bits per heavy atom. The number of amides is 5. The summed E-state index contributed by atoms with van der Waals surface area (Å²) in [5, 5.41) is 9.56. The maximum absolute atomic E-state index is 14.9. The van der Waals surface area contributed by atoms with Crippen molar-refractivity contribution in [2.24, 2.45) is 40.2 Å². The Kier molecular flexibility index (Phi) is 12.3. The Morgan fingerprint density at radius 1 is 0.840 bits per heavy atom. The summed E-state index contributed by atoms with van der Waals surface area (Å²) in [5.74, 6) is -2.08. The van der Waals surface area contributed by atoms with Crippen molar-refractivity contribution in [1.82, 2.24) is 20.9 Å². The lowest BCUT2D eigenvalue weighted by atomic mass is 9.76. The van der Waals surface area contributed by atoms with E-state index in [9.17, 15) is 24.0 Å². The van der Waals surface area contributed by atoms with Gasteiger partial charge in [-0.25, -0.2) is 4.79 Å². The first-order valence-electron chi connectivity index (χ1n) is 20.1. The molecule has 4 saturated carbocycles. The van der Waals surface area contributed by atoms with Crippen LogP contribution in [0.3, 0.4) is 0 Å². The summed E-state index contributed by atoms with van der Waals surface area (Å²) in [6.45, 7) is 11.6. The predicted molar refractivity (Wildman–Crippen MR) is 195 cm³/mol. The standard InChI is InChI=1S/C40H67N5O5/c1-38(2,3)19-13-22-40(20-10-7-11-21-40)44-37(50)43-31(27-16-8-6-9-17-27)36(49)45-25-29-28(18-23-39(29,4)5)32(45)35(48)42-30(33(46)34(41)47)24-26-14-12-15-26/h26-32H,6-25H2,1-5H3,(H2,41,47)(H,42,48)(H2,43,44,50)/t28-,29-,30?,31-,32-/m0/s1. The van der Waals surface area contributed by atoms with E-state index in [1.54, 1.807) is 4.90 Å². The zero-order valence-electron chi connectivity index (χ0n) is 31.7. The smallest absolute Gasteiger partial charge is 0.315 e. The lowest BCUT2D eigenvalue weighted by molar-refractivity contribution is -0.144. The van der Waals surface area contributed by atoms with Gasteiger partial charge in [-0.1, -0.05) is 98.8 Å². The van der Waals surface area contributed by atoms with Gasteiger partial charge in [-0.05, 0) is 92.3 Å². The molecule has 10 nitrogen and oxygen atoms in total. The quantitative estimate of drug-likeness (QED) is 0.170. The lowest BCUT2D eigenvalue weighted by Gasteiger charge is -2.40. The first-order chi connectivity index (χ1) is 23.6. The van der Waals surface area contributed by atoms with Crippen LogP contribution >= 0.6 is 0 Å². The fourth-order valence-corrected chi connectivity index (χ4v) is 10.2. The van der Waals surface area contributed by atoms with Gasteiger partial charge in [-0.2, -0.15) is 0 Å². The van der Waals surface area contributed by atoms with E-state index in [0.717, 1.165) is 109 Å². The van der Waals surface area contributed by atoms with Crippen molar-refractivity contribution in [3.8, 4) is 0 Å². The summed E-state index contributed by atoms with van der Waals surface area (Å²) in [6.07, 6.45) is 18.3. The van der Waals surface area contributed by atoms with Crippen molar-refractivity contribution >= 4 is 29.5 Å². The number of urea groups is 1. The zero-order valence-corrected chi connectivity index (χ0v) is 31.7. The number of likely N-dealkylation sites (tertiary alicyclic amines) is 1. The highest BCUT2D eigenvalue weighted by molar-refractivity contribution is 6.37. The van der Waals surface area contributed by atoms with E-state index in [1.165, 1.54) is 6.42 Å². The van der Waals surface area contributed by atoms with E-state index in [-0.39, 0.29) is 57.9 Å². The molecule has 5 N–H and O–H groups in total. The fraction of sp³-hybridized carbons (Fsp3) is 0.875. The SMILES string of the molecule is CC(C)(C)CCCC1(NC(=O)N[C@H](C(=O)N2C[C@H]3[C@H](CCC3(C)C)[C@H]2C(=O)NC(CC2CCC2)C(=O)C(N)=O)C2CCCCC2)CCCCC1. The summed E-state index contributed by atoms with van der Waals surface area (Å²) in [5.41, 5.74) is 5.34. The van der Waals surface area contributed by atoms with Crippen LogP contribution in [-0.2, 0) is 19.2 Å². The first kappa shape index (κ1) is 38.6. The van der Waals surface area contributed by atoms with Gasteiger partial charge in [0, 0.05) is 12.1 Å². The minimum Gasteiger partial charge on any atom is -0.363 e. The average Bonchev–Trinajstić information content (AvgIpc) is 3.57. The second-order valence-electron chi connectivity index (χ2n) is 18.8. The van der Waals surface area contributed by atoms with Crippen LogP contribution in [0.2, 0.25) is 0 Å². The average molecular weight is 698 g/mol. The zero-order chi connectivity index (χ0) is 36.3. The third kappa shape index (κ3) is 9.22. The highest BCUT2D eigenvalue weighted by atomic mass is 16.2. The minimum atomic E-state index is -1.05. The normalized spacial score (nSPS) is 27.8. The molecule has 5 atom stereocenters. The lowest BCUT2D eigenvalue weighted by Crippen LogP contribution is -2.61. The van der Waals surface area contributed by atoms with Crippen molar-refractivity contribution in [3.63, 3.8) is 0 Å². The third-order valence-electron chi connectivity index (χ3n) is 13.4. The number of ketones is 1. The molecule has 1 aliphatic heterocycles. The first-order valence-corrected chi connectivity index (χ1v) is 20.1. The molecule has 0 spiro atoms. The number of carbonyl (C=O) groups is 5. The summed E-state index contributed by atoms with van der Waals surface area (Å²) in [4.78, 5) is 70.0. The molecule has 1 heterocycles. The molecular formula is C40H67N5O5. The Labute approximate surface area is 300 Å². The van der Waals surface area contributed by atoms with Crippen LogP contribution in [0.1, 0.15) is 157 Å². The van der Waals surface area contributed by atoms with Gasteiger partial charge in [0.15, 0.2) is 0 Å². The molecule has 0 aromatic heterocycles. The number of primary amides is 1. The number of rotatable bonds is 13. The van der Waals surface area contributed by atoms with Crippen molar-refractivity contribution in [2.45, 2.75) is 180 Å². The third-order valence-corrected chi connectivity index (χ3v) is 13.4. The molecule has 4 aliphatic carbocycles. The van der Waals surface area contributed by atoms with Gasteiger partial charge < -0.3 is 26.6 Å². The van der Waals surface area contributed by atoms with E-state index in [4.69, 9.17) is 5.73 Å². The number of Topliss-reactive ketones (excluding diaryl/α,β-unsaturated/α-hetero) is 1. The van der Waals surface area contributed by atoms with E-state index in [2.05, 4.69) is 50.6 Å². The molecule has 0 aromatic carbocycles. The molecule has 50 heavy (non-hydrogen) atoms. The number of hydrogen-bond acceptors (Lipinski definition) is 5. The molecule has 5 rings (SSSR count). The number of nitrogens with one attached hydrogen (secondary N) is 3. The molecule has 1 saturated heterocycles. The van der Waals surface area contributed by atoms with Gasteiger partial charge in [0.25, 0.3) is 5.91 Å². The minimum absolute atomic E-state index is 0.00911. The topological polar surface area (TPSA) is 151 Å². The largest absolute Gasteiger partial charge is 0.363 e. The molecule has 5 aliphatic rings. The summed E-state index contributed by atoms with van der Waals surface area (Å²) >= 11 is 0. The molecule has 0 bridgehead atoms. The second-order valence-corrected chi connectivity index (χ2v) is 18.8. The Bertz CT molecular complexity index is 1240. The maximum atomic E-state index is 14.9. The van der Waals surface area contributed by atoms with Gasteiger partial charge in [0.2, 0.25) is 17.6 Å². The number of nitrogens with zero attached hydrogens (tertiary/aromatic N) is 1. The summed E-state index contributed by atoms with van der Waals surface area (Å²) < 4.78 is 0. The monoisotopic (exact) mass is 698 g/mol. The van der Waals surface area contributed by atoms with Gasteiger partial charge in [0.05, 0.1) is 6.04 Å². The van der Waals surface area contributed by atoms with Gasteiger partial charge in [0.1, 0.15) is 12.1 Å². The van der Waals surface area contributed by atoms with Crippen LogP contribution in [-0.4, -0.2) is 64.6 Å². The highest BCUT2D eigenvalue weighted by Gasteiger charge is 2.57. The Balaban J connectivity index is 1.37. The summed E-state index contributed by atoms with van der Waals surface area (Å²) in [7, 11) is 0. The number of fused-ring (bicyclic) bond motifs is 1. The number of carbonyl (C=O) groups excluding carboxylic acids is 5. The molecule has 1 unspecified atom stereocenters. The van der Waals surface area contributed by atoms with Gasteiger partial charge >= 0.3 is 6.03 Å². The number of nitrogens with two attached hydrogens (primary N) is 1. The maximum Gasteiger partial charge on any atom is 0.315 e. The molecule has 282 valence electrons. The van der Waals surface area contributed by atoms with Crippen LogP contribution in [0.4, 0.5) is 4.79 Å². The van der Waals surface area contributed by atoms with Crippen LogP contribution < -0.4 is 21.7 Å². The van der Waals surface area contributed by atoms with E-state index in [0.29, 0.717) is 13.0 Å². The predicted octanol–water partition coefficient (Wildman–Crippen LogP) is 6.15. The van der Waals surface area contributed by atoms with Crippen molar-refractivity contribution in [2.75, 3.05) is 6.54 Å². The Hall–Kier alpha value is -2.65. The summed E-state index contributed by atoms with van der Waals surface area (Å²) in [6, 6.07) is -2.77. The molecule has 5 fully saturated rings. The molecule has 0 radical (unpaired) electrons. The van der Waals surface area contributed by atoms with Crippen molar-refractivity contribution < 1.29 is 24.0 Å². The molecule has 10 heteroatoms. The van der Waals surface area contributed by atoms with Crippen LogP contribution in [0.15, 0.2) is 0 Å².